The quantitative estimate of drug-likeness (QED) is 0.566. The molecule has 1 aliphatic rings. The van der Waals surface area contributed by atoms with Gasteiger partial charge in [-0.15, -0.1) is 0 Å². The fourth-order valence-electron chi connectivity index (χ4n) is 3.54. The zero-order valence-corrected chi connectivity index (χ0v) is 18.2. The highest BCUT2D eigenvalue weighted by molar-refractivity contribution is 5.76. The smallest absolute Gasteiger partial charge is 0.417 e. The summed E-state index contributed by atoms with van der Waals surface area (Å²) in [7, 11) is 0. The third kappa shape index (κ3) is 5.08. The van der Waals surface area contributed by atoms with Gasteiger partial charge in [0.1, 0.15) is 11.6 Å². The molecule has 33 heavy (non-hydrogen) atoms. The van der Waals surface area contributed by atoms with Gasteiger partial charge in [0.2, 0.25) is 0 Å². The zero-order valence-electron chi connectivity index (χ0n) is 18.2. The van der Waals surface area contributed by atoms with Crippen LogP contribution in [0.25, 0.3) is 22.6 Å². The molecular formula is C22H24F3N5O3. The summed E-state index contributed by atoms with van der Waals surface area (Å²) in [6.07, 6.45) is -0.560. The number of imidazole rings is 1. The van der Waals surface area contributed by atoms with E-state index in [1.54, 1.807) is 20.0 Å². The number of pyridine rings is 2. The molecule has 0 aromatic carbocycles. The van der Waals surface area contributed by atoms with Gasteiger partial charge in [0.25, 0.3) is 0 Å². The van der Waals surface area contributed by atoms with E-state index in [-0.39, 0.29) is 23.9 Å². The van der Waals surface area contributed by atoms with Crippen LogP contribution in [0, 0.1) is 5.41 Å². The number of aromatic nitrogens is 4. The molecule has 0 spiro atoms. The van der Waals surface area contributed by atoms with Crippen molar-refractivity contribution in [2.24, 2.45) is 5.41 Å². The first-order chi connectivity index (χ1) is 15.5. The van der Waals surface area contributed by atoms with Gasteiger partial charge >= 0.3 is 12.1 Å². The van der Waals surface area contributed by atoms with Crippen molar-refractivity contribution in [3.8, 4) is 11.4 Å². The highest BCUT2D eigenvalue weighted by atomic mass is 19.4. The van der Waals surface area contributed by atoms with Crippen molar-refractivity contribution >= 4 is 23.0 Å². The van der Waals surface area contributed by atoms with Gasteiger partial charge in [-0.3, -0.25) is 4.79 Å². The number of halogens is 3. The van der Waals surface area contributed by atoms with E-state index in [1.165, 1.54) is 0 Å². The van der Waals surface area contributed by atoms with Crippen LogP contribution in [0.1, 0.15) is 32.3 Å². The van der Waals surface area contributed by atoms with Gasteiger partial charge in [0, 0.05) is 31.0 Å². The first-order valence-corrected chi connectivity index (χ1v) is 10.5. The Balaban J connectivity index is 1.38. The Morgan fingerprint density at radius 3 is 2.55 bits per heavy atom. The fourth-order valence-corrected chi connectivity index (χ4v) is 3.54. The molecule has 4 rings (SSSR count). The van der Waals surface area contributed by atoms with E-state index in [1.807, 2.05) is 12.1 Å². The van der Waals surface area contributed by atoms with Gasteiger partial charge in [-0.1, -0.05) is 0 Å². The molecule has 11 heteroatoms. The molecule has 0 unspecified atom stereocenters. The van der Waals surface area contributed by atoms with Gasteiger partial charge in [0.15, 0.2) is 5.65 Å². The third-order valence-corrected chi connectivity index (χ3v) is 5.71. The predicted octanol–water partition coefficient (Wildman–Crippen LogP) is 4.13. The van der Waals surface area contributed by atoms with Crippen molar-refractivity contribution in [1.82, 2.24) is 19.9 Å². The molecule has 0 bridgehead atoms. The summed E-state index contributed by atoms with van der Waals surface area (Å²) in [4.78, 5) is 28.8. The Morgan fingerprint density at radius 2 is 1.94 bits per heavy atom. The maximum atomic E-state index is 12.9. The van der Waals surface area contributed by atoms with Crippen molar-refractivity contribution in [2.75, 3.05) is 24.6 Å². The number of rotatable bonds is 6. The Labute approximate surface area is 187 Å². The second-order valence-corrected chi connectivity index (χ2v) is 8.77. The van der Waals surface area contributed by atoms with Gasteiger partial charge in [-0.25, -0.2) is 15.0 Å². The molecular weight excluding hydrogens is 439 g/mol. The number of H-pyrrole nitrogens is 1. The monoisotopic (exact) mass is 463 g/mol. The minimum atomic E-state index is -4.47. The first-order valence-electron chi connectivity index (χ1n) is 10.5. The number of hydrogen-bond donors (Lipinski definition) is 2. The summed E-state index contributed by atoms with van der Waals surface area (Å²) >= 11 is 0. The van der Waals surface area contributed by atoms with Crippen molar-refractivity contribution < 1.29 is 27.8 Å². The summed E-state index contributed by atoms with van der Waals surface area (Å²) in [5.74, 6) is 0.283. The molecule has 0 amide bonds. The number of carboxylic acid groups (broad SMARTS) is 1. The fraction of sp³-hybridized carbons (Fsp3) is 0.455. The number of piperidine rings is 1. The van der Waals surface area contributed by atoms with Crippen LogP contribution >= 0.6 is 0 Å². The van der Waals surface area contributed by atoms with Crippen LogP contribution in [-0.4, -0.2) is 56.8 Å². The normalized spacial score (nSPS) is 15.8. The molecule has 0 radical (unpaired) electrons. The van der Waals surface area contributed by atoms with Crippen LogP contribution in [0.4, 0.5) is 19.0 Å². The van der Waals surface area contributed by atoms with E-state index in [9.17, 15) is 23.1 Å². The lowest BCUT2D eigenvalue weighted by atomic mass is 9.95. The number of nitrogens with one attached hydrogen (secondary N) is 1. The molecule has 0 saturated carbocycles. The second kappa shape index (κ2) is 8.62. The lowest BCUT2D eigenvalue weighted by molar-refractivity contribution is -0.152. The largest absolute Gasteiger partial charge is 0.481 e. The summed E-state index contributed by atoms with van der Waals surface area (Å²) < 4.78 is 44.5. The Hall–Kier alpha value is -3.21. The van der Waals surface area contributed by atoms with Gasteiger partial charge in [0.05, 0.1) is 29.2 Å². The molecule has 3 aromatic heterocycles. The minimum Gasteiger partial charge on any atom is -0.481 e. The molecule has 0 aliphatic carbocycles. The zero-order chi connectivity index (χ0) is 23.8. The maximum Gasteiger partial charge on any atom is 0.417 e. The highest BCUT2D eigenvalue weighted by Crippen LogP contribution is 2.31. The highest BCUT2D eigenvalue weighted by Gasteiger charge is 2.32. The Bertz CT molecular complexity index is 1140. The van der Waals surface area contributed by atoms with Gasteiger partial charge in [-0.2, -0.15) is 13.2 Å². The molecule has 1 fully saturated rings. The number of carbonyl (C=O) groups is 1. The van der Waals surface area contributed by atoms with Crippen molar-refractivity contribution in [3.05, 3.63) is 36.2 Å². The molecule has 3 aromatic rings. The third-order valence-electron chi connectivity index (χ3n) is 5.71. The minimum absolute atomic E-state index is 0.00351. The number of fused-ring (bicyclic) bond motifs is 1. The van der Waals surface area contributed by atoms with Crippen LogP contribution in [0.5, 0.6) is 0 Å². The Morgan fingerprint density at radius 1 is 1.21 bits per heavy atom. The van der Waals surface area contributed by atoms with E-state index < -0.39 is 23.1 Å². The predicted molar refractivity (Wildman–Crippen MR) is 115 cm³/mol. The van der Waals surface area contributed by atoms with Crippen molar-refractivity contribution in [1.29, 1.82) is 0 Å². The van der Waals surface area contributed by atoms with E-state index in [0.29, 0.717) is 11.4 Å². The van der Waals surface area contributed by atoms with Crippen LogP contribution in [0.15, 0.2) is 30.6 Å². The lowest BCUT2D eigenvalue weighted by Crippen LogP contribution is -2.39. The van der Waals surface area contributed by atoms with Crippen LogP contribution in [0.2, 0.25) is 0 Å². The molecule has 1 saturated heterocycles. The summed E-state index contributed by atoms with van der Waals surface area (Å²) in [6.45, 7) is 4.89. The molecule has 176 valence electrons. The van der Waals surface area contributed by atoms with Crippen molar-refractivity contribution in [3.63, 3.8) is 0 Å². The molecule has 4 heterocycles. The summed E-state index contributed by atoms with van der Waals surface area (Å²) in [5, 5.41) is 9.20. The van der Waals surface area contributed by atoms with E-state index in [4.69, 9.17) is 4.74 Å². The topological polar surface area (TPSA) is 104 Å². The molecule has 8 nitrogen and oxygen atoms in total. The van der Waals surface area contributed by atoms with Crippen LogP contribution < -0.4 is 4.90 Å². The number of ether oxygens (including phenoxy) is 1. The maximum absolute atomic E-state index is 12.9. The van der Waals surface area contributed by atoms with Gasteiger partial charge < -0.3 is 19.7 Å². The Kier molecular flexibility index (Phi) is 6.00. The average Bonchev–Trinajstić information content (AvgIpc) is 3.21. The number of nitrogens with zero attached hydrogens (tertiary/aromatic N) is 4. The summed E-state index contributed by atoms with van der Waals surface area (Å²) in [6, 6.07) is 4.64. The molecule has 0 atom stereocenters. The molecule has 2 N–H and O–H groups in total. The number of aliphatic carboxylic acids is 1. The standard InChI is InChI=1S/C22H24F3N5O3/c1-21(2,20(31)32)12-33-15-5-7-30(8-6-15)17-4-3-13(10-26-17)18-28-16-9-14(22(23,24)25)11-27-19(16)29-18/h3-4,9-11,15H,5-8,12H2,1-2H3,(H,31,32)(H,27,28,29). The average molecular weight is 463 g/mol. The first kappa shape index (κ1) is 23.0. The van der Waals surface area contributed by atoms with Crippen molar-refractivity contribution in [2.45, 2.75) is 39.0 Å². The van der Waals surface area contributed by atoms with Crippen LogP contribution in [-0.2, 0) is 15.7 Å². The van der Waals surface area contributed by atoms with Crippen LogP contribution in [0.3, 0.4) is 0 Å². The van der Waals surface area contributed by atoms with E-state index in [2.05, 4.69) is 24.8 Å². The number of hydrogen-bond acceptors (Lipinski definition) is 6. The number of aromatic amines is 1. The number of carboxylic acids is 1. The number of anilines is 1. The molecule has 1 aliphatic heterocycles. The van der Waals surface area contributed by atoms with E-state index >= 15 is 0 Å². The SMILES string of the molecule is CC(C)(COC1CCN(c2ccc(-c3nc4ncc(C(F)(F)F)cc4[nH]3)cn2)CC1)C(=O)O. The summed E-state index contributed by atoms with van der Waals surface area (Å²) in [5.41, 5.74) is -0.709. The lowest BCUT2D eigenvalue weighted by Gasteiger charge is -2.34. The number of alkyl halides is 3. The van der Waals surface area contributed by atoms with Gasteiger partial charge in [-0.05, 0) is 44.9 Å². The second-order valence-electron chi connectivity index (χ2n) is 8.77. The van der Waals surface area contributed by atoms with E-state index in [0.717, 1.165) is 44.0 Å².